The lowest BCUT2D eigenvalue weighted by molar-refractivity contribution is 0.142. The number of carbonyl (C=O) groups is 1. The molecule has 0 aliphatic carbocycles. The van der Waals surface area contributed by atoms with E-state index < -0.39 is 17.7 Å². The maximum absolute atomic E-state index is 14.2. The minimum atomic E-state index is -0.553. The Hall–Kier alpha value is -2.96. The summed E-state index contributed by atoms with van der Waals surface area (Å²) in [6, 6.07) is 19.9. The molecule has 0 spiro atoms. The molecule has 1 aliphatic rings. The molecule has 7 heteroatoms. The molecule has 0 unspecified atom stereocenters. The van der Waals surface area contributed by atoms with Gasteiger partial charge in [0.25, 0.3) is 0 Å². The summed E-state index contributed by atoms with van der Waals surface area (Å²) in [4.78, 5) is 16.6. The number of amides is 1. The van der Waals surface area contributed by atoms with Crippen LogP contribution in [-0.2, 0) is 6.54 Å². The lowest BCUT2D eigenvalue weighted by Gasteiger charge is -2.28. The second kappa shape index (κ2) is 9.67. The van der Waals surface area contributed by atoms with Crippen LogP contribution in [0.1, 0.15) is 17.0 Å². The van der Waals surface area contributed by atoms with E-state index in [1.807, 2.05) is 18.2 Å². The van der Waals surface area contributed by atoms with Crippen LogP contribution in [0.4, 0.5) is 13.6 Å². The second-order valence-electron chi connectivity index (χ2n) is 7.96. The zero-order valence-corrected chi connectivity index (χ0v) is 18.3. The van der Waals surface area contributed by atoms with Crippen LogP contribution in [0.25, 0.3) is 0 Å². The number of rotatable bonds is 5. The van der Waals surface area contributed by atoms with Gasteiger partial charge in [-0.15, -0.1) is 0 Å². The summed E-state index contributed by atoms with van der Waals surface area (Å²) in [5, 5.41) is 0.0634. The highest BCUT2D eigenvalue weighted by Crippen LogP contribution is 2.33. The maximum Gasteiger partial charge on any atom is 0.415 e. The van der Waals surface area contributed by atoms with Crippen molar-refractivity contribution in [2.24, 2.45) is 0 Å². The largest absolute Gasteiger partial charge is 0.415 e. The molecule has 3 aromatic carbocycles. The quantitative estimate of drug-likeness (QED) is 0.492. The number of hydrogen-bond donors (Lipinski definition) is 0. The van der Waals surface area contributed by atoms with Crippen molar-refractivity contribution in [3.63, 3.8) is 0 Å². The van der Waals surface area contributed by atoms with Crippen molar-refractivity contribution in [2.45, 2.75) is 18.5 Å². The average molecular weight is 457 g/mol. The van der Waals surface area contributed by atoms with Crippen LogP contribution in [0.5, 0.6) is 5.75 Å². The monoisotopic (exact) mass is 456 g/mol. The van der Waals surface area contributed by atoms with Crippen LogP contribution in [0.3, 0.4) is 0 Å². The standard InChI is InChI=1S/C25H23ClF2N2O2/c1-29(25(31)32-20-10-8-19(27)9-11-20)24-16-30(14-17-5-3-2-4-6-17)15-21(24)18-7-12-22(26)23(28)13-18/h2-13,21,24H,14-16H2,1H3/t21-,24+/m0/s1. The van der Waals surface area contributed by atoms with E-state index in [1.54, 1.807) is 19.2 Å². The topological polar surface area (TPSA) is 32.8 Å². The lowest BCUT2D eigenvalue weighted by Crippen LogP contribution is -2.43. The molecule has 2 atom stereocenters. The average Bonchev–Trinajstić information content (AvgIpc) is 3.21. The van der Waals surface area contributed by atoms with Gasteiger partial charge in [-0.05, 0) is 47.5 Å². The summed E-state index contributed by atoms with van der Waals surface area (Å²) in [5.41, 5.74) is 1.93. The van der Waals surface area contributed by atoms with Gasteiger partial charge in [0.05, 0.1) is 11.1 Å². The summed E-state index contributed by atoms with van der Waals surface area (Å²) in [6.45, 7) is 1.96. The number of carbonyl (C=O) groups excluding carboxylic acids is 1. The van der Waals surface area contributed by atoms with Crippen LogP contribution < -0.4 is 4.74 Å². The van der Waals surface area contributed by atoms with Crippen molar-refractivity contribution < 1.29 is 18.3 Å². The fourth-order valence-electron chi connectivity index (χ4n) is 4.11. The van der Waals surface area contributed by atoms with Gasteiger partial charge in [-0.1, -0.05) is 48.0 Å². The van der Waals surface area contributed by atoms with E-state index in [1.165, 1.54) is 35.2 Å². The summed E-state index contributed by atoms with van der Waals surface area (Å²) in [6.07, 6.45) is -0.553. The Labute approximate surface area is 191 Å². The molecule has 1 aliphatic heterocycles. The molecular weight excluding hydrogens is 434 g/mol. The number of benzene rings is 3. The van der Waals surface area contributed by atoms with Crippen molar-refractivity contribution in [3.05, 3.63) is 101 Å². The third-order valence-corrected chi connectivity index (χ3v) is 6.10. The molecule has 0 saturated carbocycles. The Morgan fingerprint density at radius 2 is 1.78 bits per heavy atom. The van der Waals surface area contributed by atoms with Gasteiger partial charge in [0, 0.05) is 32.6 Å². The first kappa shape index (κ1) is 22.2. The van der Waals surface area contributed by atoms with Gasteiger partial charge < -0.3 is 9.64 Å². The molecule has 4 rings (SSSR count). The van der Waals surface area contributed by atoms with Gasteiger partial charge in [-0.2, -0.15) is 0 Å². The third kappa shape index (κ3) is 5.09. The van der Waals surface area contributed by atoms with Crippen LogP contribution in [0.15, 0.2) is 72.8 Å². The minimum absolute atomic E-state index is 0.0634. The van der Waals surface area contributed by atoms with E-state index in [0.717, 1.165) is 11.1 Å². The molecule has 0 aromatic heterocycles. The van der Waals surface area contributed by atoms with E-state index in [-0.39, 0.29) is 22.7 Å². The first-order valence-corrected chi connectivity index (χ1v) is 10.7. The predicted molar refractivity (Wildman–Crippen MR) is 120 cm³/mol. The summed E-state index contributed by atoms with van der Waals surface area (Å²) in [7, 11) is 1.67. The van der Waals surface area contributed by atoms with E-state index in [2.05, 4.69) is 17.0 Å². The molecule has 166 valence electrons. The molecule has 0 N–H and O–H groups in total. The number of hydrogen-bond acceptors (Lipinski definition) is 3. The SMILES string of the molecule is CN(C(=O)Oc1ccc(F)cc1)[C@@H]1CN(Cc2ccccc2)C[C@H]1c1ccc(Cl)c(F)c1. The van der Waals surface area contributed by atoms with Crippen LogP contribution in [0, 0.1) is 11.6 Å². The minimum Gasteiger partial charge on any atom is -0.410 e. The summed E-state index contributed by atoms with van der Waals surface area (Å²) < 4.78 is 32.8. The van der Waals surface area contributed by atoms with E-state index in [0.29, 0.717) is 19.6 Å². The predicted octanol–water partition coefficient (Wildman–Crippen LogP) is 5.72. The highest BCUT2D eigenvalue weighted by Gasteiger charge is 2.39. The Morgan fingerprint density at radius 1 is 1.06 bits per heavy atom. The fourth-order valence-corrected chi connectivity index (χ4v) is 4.23. The number of halogens is 3. The molecule has 0 bridgehead atoms. The highest BCUT2D eigenvalue weighted by molar-refractivity contribution is 6.30. The van der Waals surface area contributed by atoms with E-state index in [4.69, 9.17) is 16.3 Å². The Bertz CT molecular complexity index is 1080. The number of likely N-dealkylation sites (tertiary alicyclic amines) is 1. The molecule has 1 saturated heterocycles. The van der Waals surface area contributed by atoms with Crippen molar-refractivity contribution in [1.29, 1.82) is 0 Å². The normalized spacial score (nSPS) is 18.5. The summed E-state index contributed by atoms with van der Waals surface area (Å²) in [5.74, 6) is -0.760. The number of ether oxygens (including phenoxy) is 1. The van der Waals surface area contributed by atoms with E-state index >= 15 is 0 Å². The van der Waals surface area contributed by atoms with Crippen molar-refractivity contribution in [3.8, 4) is 5.75 Å². The zero-order chi connectivity index (χ0) is 22.7. The second-order valence-corrected chi connectivity index (χ2v) is 8.37. The first-order valence-electron chi connectivity index (χ1n) is 10.3. The van der Waals surface area contributed by atoms with Crippen molar-refractivity contribution in [2.75, 3.05) is 20.1 Å². The highest BCUT2D eigenvalue weighted by atomic mass is 35.5. The lowest BCUT2D eigenvalue weighted by atomic mass is 9.93. The Morgan fingerprint density at radius 3 is 2.47 bits per heavy atom. The maximum atomic E-state index is 14.2. The molecule has 1 fully saturated rings. The van der Waals surface area contributed by atoms with Crippen LogP contribution >= 0.6 is 11.6 Å². The summed E-state index contributed by atoms with van der Waals surface area (Å²) >= 11 is 5.88. The third-order valence-electron chi connectivity index (χ3n) is 5.79. The molecule has 3 aromatic rings. The Balaban J connectivity index is 1.55. The Kier molecular flexibility index (Phi) is 6.72. The zero-order valence-electron chi connectivity index (χ0n) is 17.5. The molecule has 0 radical (unpaired) electrons. The smallest absolute Gasteiger partial charge is 0.410 e. The van der Waals surface area contributed by atoms with Crippen LogP contribution in [-0.4, -0.2) is 42.1 Å². The molecule has 4 nitrogen and oxygen atoms in total. The first-order chi connectivity index (χ1) is 15.4. The van der Waals surface area contributed by atoms with E-state index in [9.17, 15) is 13.6 Å². The van der Waals surface area contributed by atoms with Crippen LogP contribution in [0.2, 0.25) is 5.02 Å². The van der Waals surface area contributed by atoms with Gasteiger partial charge in [-0.25, -0.2) is 13.6 Å². The number of nitrogens with zero attached hydrogens (tertiary/aromatic N) is 2. The number of likely N-dealkylation sites (N-methyl/N-ethyl adjacent to an activating group) is 1. The molecular formula is C25H23ClF2N2O2. The van der Waals surface area contributed by atoms with Crippen molar-refractivity contribution >= 4 is 17.7 Å². The fraction of sp³-hybridized carbons (Fsp3) is 0.240. The van der Waals surface area contributed by atoms with Gasteiger partial charge in [0.15, 0.2) is 0 Å². The molecule has 1 heterocycles. The van der Waals surface area contributed by atoms with Gasteiger partial charge in [0.2, 0.25) is 0 Å². The van der Waals surface area contributed by atoms with Crippen molar-refractivity contribution in [1.82, 2.24) is 9.80 Å². The molecule has 32 heavy (non-hydrogen) atoms. The molecule has 1 amide bonds. The van der Waals surface area contributed by atoms with Gasteiger partial charge in [-0.3, -0.25) is 4.90 Å². The van der Waals surface area contributed by atoms with Gasteiger partial charge >= 0.3 is 6.09 Å². The van der Waals surface area contributed by atoms with Gasteiger partial charge in [0.1, 0.15) is 17.4 Å².